The average molecular weight is 440 g/mol. The summed E-state index contributed by atoms with van der Waals surface area (Å²) in [7, 11) is 0. The Hall–Kier alpha value is -3.00. The number of rotatable bonds is 5. The predicted molar refractivity (Wildman–Crippen MR) is 127 cm³/mol. The van der Waals surface area contributed by atoms with Crippen LogP contribution in [-0.2, 0) is 18.5 Å². The van der Waals surface area contributed by atoms with Gasteiger partial charge in [-0.2, -0.15) is 5.10 Å². The van der Waals surface area contributed by atoms with Crippen molar-refractivity contribution >= 4 is 23.7 Å². The van der Waals surface area contributed by atoms with Crippen LogP contribution in [0.3, 0.4) is 0 Å². The van der Waals surface area contributed by atoms with E-state index in [2.05, 4.69) is 20.8 Å². The van der Waals surface area contributed by atoms with Gasteiger partial charge < -0.3 is 5.11 Å². The zero-order chi connectivity index (χ0) is 22.9. The molecule has 2 aromatic heterocycles. The number of hydrogen-bond donors (Lipinski definition) is 1. The predicted octanol–water partition coefficient (Wildman–Crippen LogP) is 4.75. The van der Waals surface area contributed by atoms with Crippen LogP contribution in [0.1, 0.15) is 52.8 Å². The SMILES string of the molecule is CCn1c(O)c(/C(C)=N/c2cc(C(C)(C)C)nn2-c2ccccc2)c(=O)n(CC)c1=S. The molecule has 2 heterocycles. The lowest BCUT2D eigenvalue weighted by atomic mass is 9.92. The van der Waals surface area contributed by atoms with E-state index in [1.54, 1.807) is 16.2 Å². The first-order valence-electron chi connectivity index (χ1n) is 10.4. The molecule has 164 valence electrons. The van der Waals surface area contributed by atoms with Crippen LogP contribution in [0.2, 0.25) is 0 Å². The van der Waals surface area contributed by atoms with Crippen LogP contribution < -0.4 is 5.56 Å². The van der Waals surface area contributed by atoms with Crippen molar-refractivity contribution in [1.29, 1.82) is 0 Å². The van der Waals surface area contributed by atoms with Crippen molar-refractivity contribution in [3.63, 3.8) is 0 Å². The Morgan fingerprint density at radius 2 is 1.74 bits per heavy atom. The number of hydrogen-bond acceptors (Lipinski definition) is 5. The molecular formula is C23H29N5O2S. The lowest BCUT2D eigenvalue weighted by Crippen LogP contribution is -2.30. The Kier molecular flexibility index (Phi) is 6.31. The van der Waals surface area contributed by atoms with Gasteiger partial charge in [-0.15, -0.1) is 0 Å². The van der Waals surface area contributed by atoms with E-state index in [1.807, 2.05) is 50.2 Å². The number of para-hydroxylation sites is 1. The first kappa shape index (κ1) is 22.7. The Balaban J connectivity index is 2.27. The highest BCUT2D eigenvalue weighted by molar-refractivity contribution is 7.71. The van der Waals surface area contributed by atoms with Gasteiger partial charge in [-0.3, -0.25) is 13.9 Å². The van der Waals surface area contributed by atoms with Crippen molar-refractivity contribution in [3.05, 3.63) is 62.8 Å². The van der Waals surface area contributed by atoms with Crippen molar-refractivity contribution in [2.24, 2.45) is 4.99 Å². The molecule has 0 bridgehead atoms. The zero-order valence-corrected chi connectivity index (χ0v) is 19.7. The van der Waals surface area contributed by atoms with Gasteiger partial charge in [-0.1, -0.05) is 39.0 Å². The third-order valence-electron chi connectivity index (χ3n) is 5.14. The standard InChI is InChI=1S/C23H29N5O2S/c1-7-26-20(29)19(21(30)27(8-2)22(26)31)15(3)24-18-14-17(23(4,5)6)25-28(18)16-12-10-9-11-13-16/h9-14,29H,7-8H2,1-6H3/b24-15+. The maximum absolute atomic E-state index is 13.1. The second kappa shape index (κ2) is 8.63. The van der Waals surface area contributed by atoms with Gasteiger partial charge >= 0.3 is 0 Å². The highest BCUT2D eigenvalue weighted by Gasteiger charge is 2.22. The topological polar surface area (TPSA) is 77.3 Å². The van der Waals surface area contributed by atoms with E-state index in [-0.39, 0.29) is 22.4 Å². The van der Waals surface area contributed by atoms with E-state index in [4.69, 9.17) is 22.3 Å². The van der Waals surface area contributed by atoms with Crippen LogP contribution in [0.25, 0.3) is 5.69 Å². The number of nitrogens with zero attached hydrogens (tertiary/aromatic N) is 5. The molecule has 0 saturated heterocycles. The minimum absolute atomic E-state index is 0.149. The maximum atomic E-state index is 13.1. The van der Waals surface area contributed by atoms with E-state index < -0.39 is 0 Å². The summed E-state index contributed by atoms with van der Waals surface area (Å²) in [4.78, 5) is 17.8. The molecule has 0 amide bonds. The molecule has 1 aromatic carbocycles. The Morgan fingerprint density at radius 3 is 2.29 bits per heavy atom. The Bertz CT molecular complexity index is 1240. The van der Waals surface area contributed by atoms with E-state index >= 15 is 0 Å². The molecular weight excluding hydrogens is 410 g/mol. The Morgan fingerprint density at radius 1 is 1.13 bits per heavy atom. The van der Waals surface area contributed by atoms with Gasteiger partial charge in [0, 0.05) is 24.6 Å². The second-order valence-corrected chi connectivity index (χ2v) is 8.72. The number of benzene rings is 1. The van der Waals surface area contributed by atoms with Gasteiger partial charge in [0.15, 0.2) is 10.6 Å². The average Bonchev–Trinajstić information content (AvgIpc) is 3.13. The zero-order valence-electron chi connectivity index (χ0n) is 18.9. The van der Waals surface area contributed by atoms with E-state index in [1.165, 1.54) is 4.57 Å². The van der Waals surface area contributed by atoms with Gasteiger partial charge in [-0.25, -0.2) is 9.67 Å². The maximum Gasteiger partial charge on any atom is 0.267 e. The van der Waals surface area contributed by atoms with Gasteiger partial charge in [0.05, 0.1) is 17.1 Å². The number of aromatic nitrogens is 4. The fourth-order valence-electron chi connectivity index (χ4n) is 3.37. The summed E-state index contributed by atoms with van der Waals surface area (Å²) in [5, 5.41) is 15.6. The van der Waals surface area contributed by atoms with Gasteiger partial charge in [-0.05, 0) is 45.1 Å². The quantitative estimate of drug-likeness (QED) is 0.460. The largest absolute Gasteiger partial charge is 0.494 e. The van der Waals surface area contributed by atoms with E-state index in [0.717, 1.165) is 11.4 Å². The minimum atomic E-state index is -0.349. The van der Waals surface area contributed by atoms with Crippen LogP contribution in [0.4, 0.5) is 5.82 Å². The first-order chi connectivity index (χ1) is 14.6. The molecule has 7 nitrogen and oxygen atoms in total. The summed E-state index contributed by atoms with van der Waals surface area (Å²) in [5.41, 5.74) is 1.77. The Labute approximate surface area is 187 Å². The van der Waals surface area contributed by atoms with Crippen LogP contribution in [-0.4, -0.2) is 29.7 Å². The molecule has 3 rings (SSSR count). The van der Waals surface area contributed by atoms with Crippen molar-refractivity contribution in [3.8, 4) is 11.6 Å². The molecule has 0 aliphatic heterocycles. The highest BCUT2D eigenvalue weighted by atomic mass is 32.1. The summed E-state index contributed by atoms with van der Waals surface area (Å²) in [6, 6.07) is 11.6. The van der Waals surface area contributed by atoms with Gasteiger partial charge in [0.1, 0.15) is 5.56 Å². The van der Waals surface area contributed by atoms with Crippen LogP contribution in [0.15, 0.2) is 46.2 Å². The van der Waals surface area contributed by atoms with Crippen molar-refractivity contribution in [2.75, 3.05) is 0 Å². The third-order valence-corrected chi connectivity index (χ3v) is 5.58. The molecule has 0 aliphatic carbocycles. The van der Waals surface area contributed by atoms with Gasteiger partial charge in [0.2, 0.25) is 5.88 Å². The van der Waals surface area contributed by atoms with Gasteiger partial charge in [0.25, 0.3) is 5.56 Å². The molecule has 1 N–H and O–H groups in total. The normalized spacial score (nSPS) is 12.4. The van der Waals surface area contributed by atoms with E-state index in [9.17, 15) is 9.90 Å². The molecule has 0 spiro atoms. The molecule has 8 heteroatoms. The molecule has 0 unspecified atom stereocenters. The fourth-order valence-corrected chi connectivity index (χ4v) is 3.80. The summed E-state index contributed by atoms with van der Waals surface area (Å²) >= 11 is 5.38. The van der Waals surface area contributed by atoms with Crippen molar-refractivity contribution < 1.29 is 5.11 Å². The lowest BCUT2D eigenvalue weighted by Gasteiger charge is -2.15. The molecule has 0 fully saturated rings. The molecule has 3 aromatic rings. The summed E-state index contributed by atoms with van der Waals surface area (Å²) in [6.07, 6.45) is 0. The smallest absolute Gasteiger partial charge is 0.267 e. The number of aromatic hydroxyl groups is 1. The third kappa shape index (κ3) is 4.25. The van der Waals surface area contributed by atoms with Crippen LogP contribution in [0, 0.1) is 4.77 Å². The summed E-state index contributed by atoms with van der Waals surface area (Å²) in [5.74, 6) is 0.422. The van der Waals surface area contributed by atoms with E-state index in [0.29, 0.717) is 29.4 Å². The molecule has 31 heavy (non-hydrogen) atoms. The fraction of sp³-hybridized carbons (Fsp3) is 0.391. The lowest BCUT2D eigenvalue weighted by molar-refractivity contribution is 0.399. The highest BCUT2D eigenvalue weighted by Crippen LogP contribution is 2.28. The van der Waals surface area contributed by atoms with Crippen molar-refractivity contribution in [2.45, 2.75) is 60.0 Å². The molecule has 0 atom stereocenters. The van der Waals surface area contributed by atoms with Crippen molar-refractivity contribution in [1.82, 2.24) is 18.9 Å². The van der Waals surface area contributed by atoms with Crippen LogP contribution in [0.5, 0.6) is 5.88 Å². The summed E-state index contributed by atoms with van der Waals surface area (Å²) < 4.78 is 5.08. The number of aliphatic imine (C=N–C) groups is 1. The molecule has 0 aliphatic rings. The molecule has 0 radical (unpaired) electrons. The summed E-state index contributed by atoms with van der Waals surface area (Å²) in [6.45, 7) is 12.6. The monoisotopic (exact) mass is 439 g/mol. The van der Waals surface area contributed by atoms with Crippen LogP contribution >= 0.6 is 12.2 Å². The molecule has 0 saturated carbocycles. The first-order valence-corrected chi connectivity index (χ1v) is 10.8. The minimum Gasteiger partial charge on any atom is -0.494 e. The second-order valence-electron chi connectivity index (χ2n) is 8.36.